The van der Waals surface area contributed by atoms with E-state index in [1.807, 2.05) is 11.8 Å². The Kier molecular flexibility index (Phi) is 6.60. The van der Waals surface area contributed by atoms with Crippen molar-refractivity contribution >= 4 is 17.7 Å². The van der Waals surface area contributed by atoms with Crippen molar-refractivity contribution in [3.05, 3.63) is 29.8 Å². The molecule has 0 bridgehead atoms. The van der Waals surface area contributed by atoms with E-state index in [9.17, 15) is 4.79 Å². The molecule has 1 atom stereocenters. The number of ether oxygens (including phenoxy) is 1. The second-order valence-corrected chi connectivity index (χ2v) is 5.20. The van der Waals surface area contributed by atoms with Crippen LogP contribution in [0.3, 0.4) is 0 Å². The lowest BCUT2D eigenvalue weighted by Crippen LogP contribution is -2.27. The molecule has 0 fully saturated rings. The van der Waals surface area contributed by atoms with Crippen LogP contribution in [0.1, 0.15) is 17.3 Å². The summed E-state index contributed by atoms with van der Waals surface area (Å²) in [5, 5.41) is 12.6. The Balaban J connectivity index is 2.21. The smallest absolute Gasteiger partial charge is 0.335 e. The van der Waals surface area contributed by atoms with Gasteiger partial charge < -0.3 is 15.2 Å². The molecule has 0 heterocycles. The third-order valence-corrected chi connectivity index (χ3v) is 3.45. The van der Waals surface area contributed by atoms with Gasteiger partial charge in [-0.3, -0.25) is 0 Å². The average molecular weight is 269 g/mol. The Morgan fingerprint density at radius 2 is 2.11 bits per heavy atom. The topological polar surface area (TPSA) is 58.6 Å². The van der Waals surface area contributed by atoms with Crippen molar-refractivity contribution in [3.8, 4) is 5.75 Å². The maximum absolute atomic E-state index is 10.7. The van der Waals surface area contributed by atoms with Gasteiger partial charge in [-0.15, -0.1) is 0 Å². The molecule has 0 spiro atoms. The molecule has 2 N–H and O–H groups in total. The number of carbonyl (C=O) groups is 1. The van der Waals surface area contributed by atoms with Gasteiger partial charge in [0, 0.05) is 18.3 Å². The minimum atomic E-state index is -0.922. The van der Waals surface area contributed by atoms with Crippen LogP contribution in [0.2, 0.25) is 0 Å². The third-order valence-electron chi connectivity index (χ3n) is 2.48. The summed E-state index contributed by atoms with van der Waals surface area (Å²) in [5.74, 6) is -0.228. The fraction of sp³-hybridized carbons (Fsp3) is 0.462. The highest BCUT2D eigenvalue weighted by Crippen LogP contribution is 2.11. The zero-order valence-electron chi connectivity index (χ0n) is 10.7. The monoisotopic (exact) mass is 269 g/mol. The number of hydrogen-bond donors (Lipinski definition) is 2. The molecular weight excluding hydrogens is 250 g/mol. The number of benzene rings is 1. The van der Waals surface area contributed by atoms with Gasteiger partial charge in [0.1, 0.15) is 12.4 Å². The van der Waals surface area contributed by atoms with E-state index >= 15 is 0 Å². The summed E-state index contributed by atoms with van der Waals surface area (Å²) < 4.78 is 5.49. The van der Waals surface area contributed by atoms with Crippen molar-refractivity contribution in [3.63, 3.8) is 0 Å². The minimum Gasteiger partial charge on any atom is -0.492 e. The lowest BCUT2D eigenvalue weighted by atomic mass is 10.2. The SMILES string of the molecule is CSC(C)CNCCOc1ccc(C(=O)O)cc1. The normalized spacial score (nSPS) is 12.1. The van der Waals surface area contributed by atoms with Gasteiger partial charge in [-0.05, 0) is 30.5 Å². The van der Waals surface area contributed by atoms with Crippen LogP contribution < -0.4 is 10.1 Å². The highest BCUT2D eigenvalue weighted by Gasteiger charge is 2.02. The molecule has 1 rings (SSSR count). The number of carboxylic acids is 1. The first-order valence-electron chi connectivity index (χ1n) is 5.83. The quantitative estimate of drug-likeness (QED) is 0.708. The lowest BCUT2D eigenvalue weighted by Gasteiger charge is -2.10. The Bertz CT molecular complexity index is 367. The van der Waals surface area contributed by atoms with E-state index in [1.165, 1.54) is 0 Å². The summed E-state index contributed by atoms with van der Waals surface area (Å²) in [5.41, 5.74) is 0.272. The van der Waals surface area contributed by atoms with Crippen LogP contribution in [0.4, 0.5) is 0 Å². The van der Waals surface area contributed by atoms with Crippen molar-refractivity contribution in [2.24, 2.45) is 0 Å². The van der Waals surface area contributed by atoms with E-state index in [-0.39, 0.29) is 5.56 Å². The molecule has 1 aromatic carbocycles. The molecule has 0 radical (unpaired) electrons. The van der Waals surface area contributed by atoms with Crippen LogP contribution in [0.5, 0.6) is 5.75 Å². The number of rotatable bonds is 8. The first-order valence-corrected chi connectivity index (χ1v) is 7.12. The number of nitrogens with one attached hydrogen (secondary N) is 1. The highest BCUT2D eigenvalue weighted by molar-refractivity contribution is 7.99. The van der Waals surface area contributed by atoms with E-state index in [0.717, 1.165) is 13.1 Å². The van der Waals surface area contributed by atoms with E-state index < -0.39 is 5.97 Å². The fourth-order valence-electron chi connectivity index (χ4n) is 1.32. The molecule has 1 aromatic rings. The second kappa shape index (κ2) is 8.00. The molecule has 100 valence electrons. The van der Waals surface area contributed by atoms with Gasteiger partial charge in [0.2, 0.25) is 0 Å². The van der Waals surface area contributed by atoms with Crippen LogP contribution >= 0.6 is 11.8 Å². The Labute approximate surface area is 112 Å². The molecule has 0 aliphatic rings. The van der Waals surface area contributed by atoms with Crippen molar-refractivity contribution in [1.29, 1.82) is 0 Å². The van der Waals surface area contributed by atoms with Crippen LogP contribution in [0.15, 0.2) is 24.3 Å². The minimum absolute atomic E-state index is 0.272. The summed E-state index contributed by atoms with van der Waals surface area (Å²) in [7, 11) is 0. The van der Waals surface area contributed by atoms with Crippen molar-refractivity contribution in [1.82, 2.24) is 5.32 Å². The summed E-state index contributed by atoms with van der Waals surface area (Å²) in [6.07, 6.45) is 2.09. The predicted octanol–water partition coefficient (Wildman–Crippen LogP) is 2.10. The van der Waals surface area contributed by atoms with Gasteiger partial charge in [0.05, 0.1) is 5.56 Å². The number of aromatic carboxylic acids is 1. The van der Waals surface area contributed by atoms with Crippen molar-refractivity contribution in [2.45, 2.75) is 12.2 Å². The van der Waals surface area contributed by atoms with Crippen LogP contribution in [-0.2, 0) is 0 Å². The number of carboxylic acid groups (broad SMARTS) is 1. The molecule has 0 saturated heterocycles. The van der Waals surface area contributed by atoms with Crippen molar-refractivity contribution < 1.29 is 14.6 Å². The largest absolute Gasteiger partial charge is 0.492 e. The molecule has 0 aliphatic carbocycles. The predicted molar refractivity (Wildman–Crippen MR) is 74.7 cm³/mol. The van der Waals surface area contributed by atoms with Gasteiger partial charge in [-0.2, -0.15) is 11.8 Å². The summed E-state index contributed by atoms with van der Waals surface area (Å²) in [4.78, 5) is 10.7. The number of hydrogen-bond acceptors (Lipinski definition) is 4. The highest BCUT2D eigenvalue weighted by atomic mass is 32.2. The number of thioether (sulfide) groups is 1. The zero-order chi connectivity index (χ0) is 13.4. The van der Waals surface area contributed by atoms with Gasteiger partial charge >= 0.3 is 5.97 Å². The van der Waals surface area contributed by atoms with Crippen LogP contribution in [-0.4, -0.2) is 42.3 Å². The average Bonchev–Trinajstić information content (AvgIpc) is 2.38. The summed E-state index contributed by atoms with van der Waals surface area (Å²) in [6, 6.07) is 6.43. The molecule has 0 saturated carbocycles. The maximum Gasteiger partial charge on any atom is 0.335 e. The fourth-order valence-corrected chi connectivity index (χ4v) is 1.61. The molecular formula is C13H19NO3S. The molecule has 18 heavy (non-hydrogen) atoms. The molecule has 1 unspecified atom stereocenters. The summed E-state index contributed by atoms with van der Waals surface area (Å²) >= 11 is 1.82. The molecule has 4 nitrogen and oxygen atoms in total. The van der Waals surface area contributed by atoms with Gasteiger partial charge in [0.15, 0.2) is 0 Å². The van der Waals surface area contributed by atoms with E-state index in [2.05, 4.69) is 18.5 Å². The Morgan fingerprint density at radius 3 is 2.67 bits per heavy atom. The van der Waals surface area contributed by atoms with Gasteiger partial charge in [-0.25, -0.2) is 4.79 Å². The Hall–Kier alpha value is -1.20. The Morgan fingerprint density at radius 1 is 1.44 bits per heavy atom. The van der Waals surface area contributed by atoms with Gasteiger partial charge in [0.25, 0.3) is 0 Å². The van der Waals surface area contributed by atoms with E-state index in [0.29, 0.717) is 17.6 Å². The van der Waals surface area contributed by atoms with Crippen LogP contribution in [0, 0.1) is 0 Å². The second-order valence-electron chi connectivity index (χ2n) is 3.93. The van der Waals surface area contributed by atoms with E-state index in [1.54, 1.807) is 24.3 Å². The zero-order valence-corrected chi connectivity index (χ0v) is 11.5. The standard InChI is InChI=1S/C13H19NO3S/c1-10(18-2)9-14-7-8-17-12-5-3-11(4-6-12)13(15)16/h3-6,10,14H,7-9H2,1-2H3,(H,15,16). The lowest BCUT2D eigenvalue weighted by molar-refractivity contribution is 0.0697. The molecule has 0 aromatic heterocycles. The third kappa shape index (κ3) is 5.42. The first kappa shape index (κ1) is 14.9. The molecule has 0 amide bonds. The molecule has 0 aliphatic heterocycles. The van der Waals surface area contributed by atoms with Gasteiger partial charge in [-0.1, -0.05) is 6.92 Å². The van der Waals surface area contributed by atoms with Crippen molar-refractivity contribution in [2.75, 3.05) is 26.0 Å². The first-order chi connectivity index (χ1) is 8.63. The van der Waals surface area contributed by atoms with E-state index in [4.69, 9.17) is 9.84 Å². The molecule has 5 heteroatoms. The van der Waals surface area contributed by atoms with Crippen LogP contribution in [0.25, 0.3) is 0 Å². The maximum atomic E-state index is 10.7. The summed E-state index contributed by atoms with van der Waals surface area (Å²) in [6.45, 7) is 4.49.